The number of hydrogen-bond donors (Lipinski definition) is 1. The fourth-order valence-electron chi connectivity index (χ4n) is 1.13. The molecule has 2 aromatic rings. The van der Waals surface area contributed by atoms with E-state index in [2.05, 4.69) is 17.8 Å². The van der Waals surface area contributed by atoms with Crippen molar-refractivity contribution in [3.8, 4) is 0 Å². The van der Waals surface area contributed by atoms with Crippen molar-refractivity contribution in [3.63, 3.8) is 0 Å². The molecule has 0 aliphatic heterocycles. The Morgan fingerprint density at radius 2 is 2.07 bits per heavy atom. The van der Waals surface area contributed by atoms with Gasteiger partial charge in [-0.1, -0.05) is 12.8 Å². The van der Waals surface area contributed by atoms with Gasteiger partial charge in [-0.05, 0) is 18.2 Å². The topological polar surface area (TPSA) is 75.0 Å². The summed E-state index contributed by atoms with van der Waals surface area (Å²) in [7, 11) is -4.41. The van der Waals surface area contributed by atoms with Crippen molar-refractivity contribution in [2.45, 2.75) is 4.90 Å². The standard InChI is InChI=1S/C7H6N2O3S2.Na/c10-14(11,12)5-1-2-7-6(3-5)8-4-9(7)13;/h1-4,13H,(H,10,11,12);/q;+1/p-1. The molecule has 0 saturated heterocycles. The number of aromatic nitrogens is 2. The van der Waals surface area contributed by atoms with Crippen LogP contribution in [0.15, 0.2) is 29.4 Å². The van der Waals surface area contributed by atoms with Crippen molar-refractivity contribution in [1.29, 1.82) is 0 Å². The summed E-state index contributed by atoms with van der Waals surface area (Å²) in [5, 5.41) is 0. The Hall–Kier alpha value is -0.0500. The minimum atomic E-state index is -4.41. The first-order chi connectivity index (χ1) is 6.48. The second kappa shape index (κ2) is 4.44. The molecule has 0 fully saturated rings. The van der Waals surface area contributed by atoms with Crippen LogP contribution in [0.2, 0.25) is 0 Å². The summed E-state index contributed by atoms with van der Waals surface area (Å²) in [6.45, 7) is 0. The molecule has 0 aliphatic rings. The van der Waals surface area contributed by atoms with Crippen LogP contribution >= 0.6 is 12.8 Å². The zero-order valence-electron chi connectivity index (χ0n) is 7.78. The van der Waals surface area contributed by atoms with Crippen LogP contribution in [0.5, 0.6) is 0 Å². The Bertz CT molecular complexity index is 593. The maximum atomic E-state index is 10.7. The predicted octanol–water partition coefficient (Wildman–Crippen LogP) is -2.36. The summed E-state index contributed by atoms with van der Waals surface area (Å²) in [5.74, 6) is 0. The molecule has 0 atom stereocenters. The van der Waals surface area contributed by atoms with Crippen LogP contribution in [0, 0.1) is 0 Å². The number of hydrogen-bond acceptors (Lipinski definition) is 5. The van der Waals surface area contributed by atoms with E-state index in [1.165, 1.54) is 28.5 Å². The first-order valence-electron chi connectivity index (χ1n) is 3.61. The molecule has 2 rings (SSSR count). The van der Waals surface area contributed by atoms with E-state index in [0.29, 0.717) is 11.0 Å². The predicted molar refractivity (Wildman–Crippen MR) is 52.1 cm³/mol. The second-order valence-corrected chi connectivity index (χ2v) is 4.50. The van der Waals surface area contributed by atoms with E-state index in [-0.39, 0.29) is 34.5 Å². The van der Waals surface area contributed by atoms with Crippen molar-refractivity contribution < 1.29 is 42.5 Å². The SMILES string of the molecule is O=S(=O)([O-])c1ccc2c(c1)ncn2S.[Na+]. The molecule has 1 aromatic heterocycles. The zero-order valence-corrected chi connectivity index (χ0v) is 11.5. The molecule has 5 nitrogen and oxygen atoms in total. The van der Waals surface area contributed by atoms with Crippen molar-refractivity contribution >= 4 is 34.0 Å². The fraction of sp³-hybridized carbons (Fsp3) is 0. The third-order valence-electron chi connectivity index (χ3n) is 1.79. The molecule has 0 aliphatic carbocycles. The number of thiol groups is 1. The minimum absolute atomic E-state index is 0. The van der Waals surface area contributed by atoms with Gasteiger partial charge < -0.3 is 4.55 Å². The minimum Gasteiger partial charge on any atom is -0.744 e. The van der Waals surface area contributed by atoms with Gasteiger partial charge in [0.25, 0.3) is 0 Å². The fourth-order valence-corrected chi connectivity index (χ4v) is 1.85. The van der Waals surface area contributed by atoms with E-state index in [9.17, 15) is 13.0 Å². The Balaban J connectivity index is 0.00000112. The summed E-state index contributed by atoms with van der Waals surface area (Å²) >= 11 is 4.03. The van der Waals surface area contributed by atoms with Gasteiger partial charge in [0.15, 0.2) is 0 Å². The third-order valence-corrected chi connectivity index (χ3v) is 2.94. The monoisotopic (exact) mass is 252 g/mol. The summed E-state index contributed by atoms with van der Waals surface area (Å²) in [6.07, 6.45) is 1.43. The van der Waals surface area contributed by atoms with Gasteiger partial charge in [0.05, 0.1) is 15.9 Å². The van der Waals surface area contributed by atoms with Crippen LogP contribution in [-0.2, 0) is 10.1 Å². The van der Waals surface area contributed by atoms with Gasteiger partial charge in [0.1, 0.15) is 16.4 Å². The first-order valence-corrected chi connectivity index (χ1v) is 5.41. The molecular weight excluding hydrogens is 247 g/mol. The van der Waals surface area contributed by atoms with Crippen molar-refractivity contribution in [1.82, 2.24) is 8.96 Å². The number of imidazole rings is 1. The van der Waals surface area contributed by atoms with Gasteiger partial charge in [-0.3, -0.25) is 3.97 Å². The molecule has 1 aromatic carbocycles. The molecule has 1 heterocycles. The smallest absolute Gasteiger partial charge is 0.744 e. The summed E-state index contributed by atoms with van der Waals surface area (Å²) in [4.78, 5) is 3.60. The number of nitrogens with zero attached hydrogens (tertiary/aromatic N) is 2. The van der Waals surface area contributed by atoms with E-state index in [1.54, 1.807) is 0 Å². The van der Waals surface area contributed by atoms with Crippen LogP contribution < -0.4 is 29.6 Å². The van der Waals surface area contributed by atoms with Crippen LogP contribution in [0.1, 0.15) is 0 Å². The first kappa shape index (κ1) is 13.0. The van der Waals surface area contributed by atoms with E-state index < -0.39 is 10.1 Å². The van der Waals surface area contributed by atoms with E-state index in [4.69, 9.17) is 0 Å². The molecule has 0 radical (unpaired) electrons. The van der Waals surface area contributed by atoms with Gasteiger partial charge in [0.2, 0.25) is 0 Å². The molecule has 0 N–H and O–H groups in total. The molecule has 15 heavy (non-hydrogen) atoms. The van der Waals surface area contributed by atoms with Gasteiger partial charge in [-0.15, -0.1) is 0 Å². The summed E-state index contributed by atoms with van der Waals surface area (Å²) in [5.41, 5.74) is 1.08. The second-order valence-electron chi connectivity index (χ2n) is 2.69. The normalized spacial score (nSPS) is 11.3. The molecule has 0 bridgehead atoms. The number of fused-ring (bicyclic) bond motifs is 1. The summed E-state index contributed by atoms with van der Waals surface area (Å²) in [6, 6.07) is 3.95. The van der Waals surface area contributed by atoms with Gasteiger partial charge in [-0.2, -0.15) is 0 Å². The average molecular weight is 252 g/mol. The van der Waals surface area contributed by atoms with Crippen LogP contribution in [-0.4, -0.2) is 21.9 Å². The molecule has 0 amide bonds. The molecule has 74 valence electrons. The van der Waals surface area contributed by atoms with Gasteiger partial charge >= 0.3 is 29.6 Å². The van der Waals surface area contributed by atoms with Crippen molar-refractivity contribution in [2.24, 2.45) is 0 Å². The van der Waals surface area contributed by atoms with Crippen LogP contribution in [0.4, 0.5) is 0 Å². The third kappa shape index (κ3) is 2.55. The Morgan fingerprint density at radius 3 is 2.67 bits per heavy atom. The molecule has 0 unspecified atom stereocenters. The summed E-state index contributed by atoms with van der Waals surface area (Å²) < 4.78 is 33.5. The Kier molecular flexibility index (Phi) is 3.85. The molecular formula is C7H5N2NaO3S2. The Morgan fingerprint density at radius 1 is 1.40 bits per heavy atom. The maximum absolute atomic E-state index is 10.7. The van der Waals surface area contributed by atoms with E-state index in [0.717, 1.165) is 0 Å². The van der Waals surface area contributed by atoms with Crippen LogP contribution in [0.25, 0.3) is 11.0 Å². The molecule has 8 heteroatoms. The average Bonchev–Trinajstić information content (AvgIpc) is 2.46. The number of benzene rings is 1. The molecule has 0 saturated carbocycles. The van der Waals surface area contributed by atoms with E-state index in [1.807, 2.05) is 0 Å². The van der Waals surface area contributed by atoms with Crippen LogP contribution in [0.3, 0.4) is 0 Å². The maximum Gasteiger partial charge on any atom is 1.00 e. The van der Waals surface area contributed by atoms with Gasteiger partial charge in [0, 0.05) is 0 Å². The quantitative estimate of drug-likeness (QED) is 0.350. The Labute approximate surface area is 114 Å². The largest absolute Gasteiger partial charge is 1.00 e. The van der Waals surface area contributed by atoms with Gasteiger partial charge in [-0.25, -0.2) is 13.4 Å². The number of rotatable bonds is 1. The van der Waals surface area contributed by atoms with E-state index >= 15 is 0 Å². The zero-order chi connectivity index (χ0) is 10.3. The molecule has 0 spiro atoms. The van der Waals surface area contributed by atoms with Crippen molar-refractivity contribution in [3.05, 3.63) is 24.5 Å². The van der Waals surface area contributed by atoms with Crippen molar-refractivity contribution in [2.75, 3.05) is 0 Å².